The second-order valence-electron chi connectivity index (χ2n) is 7.28. The number of ether oxygens (including phenoxy) is 1. The number of hydrogen-bond acceptors (Lipinski definition) is 4. The maximum absolute atomic E-state index is 13.1. The van der Waals surface area contributed by atoms with E-state index in [4.69, 9.17) is 4.74 Å². The van der Waals surface area contributed by atoms with Crippen molar-refractivity contribution in [2.75, 3.05) is 11.9 Å². The molecule has 0 bridgehead atoms. The van der Waals surface area contributed by atoms with Gasteiger partial charge >= 0.3 is 0 Å². The summed E-state index contributed by atoms with van der Waals surface area (Å²) < 4.78 is 18.8. The third kappa shape index (κ3) is 4.30. The van der Waals surface area contributed by atoms with E-state index in [0.717, 1.165) is 16.7 Å². The van der Waals surface area contributed by atoms with Crippen LogP contribution in [0.2, 0.25) is 0 Å². The standard InChI is InChI=1S/C23H21FN4O2/c1-14-8-15(2)10-19(9-14)30-13-23(29)25-20-12-22-21(11-16(20)3)26-28(27-22)18-6-4-17(24)5-7-18/h4-12H,13H2,1-3H3,(H,25,29). The number of fused-ring (bicyclic) bond motifs is 1. The summed E-state index contributed by atoms with van der Waals surface area (Å²) in [6.45, 7) is 5.76. The molecule has 1 heterocycles. The van der Waals surface area contributed by atoms with E-state index >= 15 is 0 Å². The lowest BCUT2D eigenvalue weighted by molar-refractivity contribution is -0.118. The fraction of sp³-hybridized carbons (Fsp3) is 0.174. The molecule has 1 amide bonds. The zero-order valence-corrected chi connectivity index (χ0v) is 16.9. The molecule has 30 heavy (non-hydrogen) atoms. The molecule has 0 atom stereocenters. The molecule has 4 rings (SSSR count). The number of nitrogens with one attached hydrogen (secondary N) is 1. The Morgan fingerprint density at radius 1 is 0.967 bits per heavy atom. The number of anilines is 1. The van der Waals surface area contributed by atoms with Gasteiger partial charge in [-0.1, -0.05) is 6.07 Å². The lowest BCUT2D eigenvalue weighted by atomic mass is 10.1. The van der Waals surface area contributed by atoms with Gasteiger partial charge in [-0.25, -0.2) is 4.39 Å². The minimum Gasteiger partial charge on any atom is -0.484 e. The van der Waals surface area contributed by atoms with Crippen molar-refractivity contribution >= 4 is 22.6 Å². The van der Waals surface area contributed by atoms with Crippen LogP contribution in [0.1, 0.15) is 16.7 Å². The van der Waals surface area contributed by atoms with E-state index in [1.54, 1.807) is 18.2 Å². The number of carbonyl (C=O) groups is 1. The van der Waals surface area contributed by atoms with E-state index in [2.05, 4.69) is 15.5 Å². The Bertz CT molecular complexity index is 1210. The van der Waals surface area contributed by atoms with E-state index in [-0.39, 0.29) is 18.3 Å². The van der Waals surface area contributed by atoms with Crippen molar-refractivity contribution in [2.45, 2.75) is 20.8 Å². The fourth-order valence-corrected chi connectivity index (χ4v) is 3.24. The summed E-state index contributed by atoms with van der Waals surface area (Å²) in [5.74, 6) is 0.0824. The molecular weight excluding hydrogens is 383 g/mol. The summed E-state index contributed by atoms with van der Waals surface area (Å²) in [7, 11) is 0. The van der Waals surface area contributed by atoms with E-state index < -0.39 is 0 Å². The first-order valence-electron chi connectivity index (χ1n) is 9.52. The molecule has 0 fully saturated rings. The summed E-state index contributed by atoms with van der Waals surface area (Å²) in [6, 6.07) is 15.4. The average molecular weight is 404 g/mol. The van der Waals surface area contributed by atoms with Crippen molar-refractivity contribution in [1.29, 1.82) is 0 Å². The van der Waals surface area contributed by atoms with Crippen molar-refractivity contribution in [3.8, 4) is 11.4 Å². The van der Waals surface area contributed by atoms with Gasteiger partial charge in [-0.15, -0.1) is 10.2 Å². The maximum atomic E-state index is 13.1. The molecule has 1 N–H and O–H groups in total. The first-order valence-corrected chi connectivity index (χ1v) is 9.52. The number of rotatable bonds is 5. The van der Waals surface area contributed by atoms with Gasteiger partial charge in [0.05, 0.1) is 5.69 Å². The Morgan fingerprint density at radius 2 is 1.60 bits per heavy atom. The minimum absolute atomic E-state index is 0.0946. The van der Waals surface area contributed by atoms with Crippen LogP contribution in [0.15, 0.2) is 54.6 Å². The van der Waals surface area contributed by atoms with Crippen LogP contribution in [0.4, 0.5) is 10.1 Å². The predicted octanol–water partition coefficient (Wildman–Crippen LogP) is 4.50. The zero-order valence-electron chi connectivity index (χ0n) is 16.9. The molecule has 0 saturated carbocycles. The highest BCUT2D eigenvalue weighted by Gasteiger charge is 2.11. The van der Waals surface area contributed by atoms with Crippen LogP contribution >= 0.6 is 0 Å². The molecular formula is C23H21FN4O2. The lowest BCUT2D eigenvalue weighted by Gasteiger charge is -2.10. The molecule has 0 aliphatic carbocycles. The van der Waals surface area contributed by atoms with Gasteiger partial charge in [-0.3, -0.25) is 4.79 Å². The predicted molar refractivity (Wildman–Crippen MR) is 114 cm³/mol. The third-order valence-corrected chi connectivity index (χ3v) is 4.62. The van der Waals surface area contributed by atoms with Crippen LogP contribution in [-0.2, 0) is 4.79 Å². The van der Waals surface area contributed by atoms with Crippen LogP contribution in [0.5, 0.6) is 5.75 Å². The van der Waals surface area contributed by atoms with Crippen molar-refractivity contribution in [2.24, 2.45) is 0 Å². The topological polar surface area (TPSA) is 69.0 Å². The third-order valence-electron chi connectivity index (χ3n) is 4.62. The van der Waals surface area contributed by atoms with Gasteiger partial charge in [-0.2, -0.15) is 4.80 Å². The molecule has 0 unspecified atom stereocenters. The van der Waals surface area contributed by atoms with Gasteiger partial charge in [0.15, 0.2) is 6.61 Å². The molecule has 1 aromatic heterocycles. The number of aryl methyl sites for hydroxylation is 3. The van der Waals surface area contributed by atoms with Crippen molar-refractivity contribution < 1.29 is 13.9 Å². The van der Waals surface area contributed by atoms with Crippen molar-refractivity contribution in [3.05, 3.63) is 77.1 Å². The highest BCUT2D eigenvalue weighted by molar-refractivity contribution is 5.95. The Hall–Kier alpha value is -3.74. The number of amides is 1. The normalized spacial score (nSPS) is 10.9. The van der Waals surface area contributed by atoms with Gasteiger partial charge < -0.3 is 10.1 Å². The first-order chi connectivity index (χ1) is 14.4. The Labute approximate surface area is 173 Å². The van der Waals surface area contributed by atoms with Crippen molar-refractivity contribution in [1.82, 2.24) is 15.0 Å². The van der Waals surface area contributed by atoms with Gasteiger partial charge in [0.1, 0.15) is 22.6 Å². The monoisotopic (exact) mass is 404 g/mol. The molecule has 3 aromatic carbocycles. The Balaban J connectivity index is 1.50. The maximum Gasteiger partial charge on any atom is 0.262 e. The Kier molecular flexibility index (Phi) is 5.18. The number of hydrogen-bond donors (Lipinski definition) is 1. The summed E-state index contributed by atoms with van der Waals surface area (Å²) >= 11 is 0. The molecule has 0 aliphatic heterocycles. The van der Waals surface area contributed by atoms with E-state index in [9.17, 15) is 9.18 Å². The summed E-state index contributed by atoms with van der Waals surface area (Å²) in [4.78, 5) is 13.8. The Morgan fingerprint density at radius 3 is 2.27 bits per heavy atom. The quantitative estimate of drug-likeness (QED) is 0.532. The zero-order chi connectivity index (χ0) is 21.3. The highest BCUT2D eigenvalue weighted by atomic mass is 19.1. The number of benzene rings is 3. The van der Waals surface area contributed by atoms with Crippen LogP contribution in [0.3, 0.4) is 0 Å². The van der Waals surface area contributed by atoms with E-state index in [1.165, 1.54) is 16.9 Å². The number of halogens is 1. The van der Waals surface area contributed by atoms with Gasteiger partial charge in [-0.05, 0) is 86.0 Å². The van der Waals surface area contributed by atoms with Gasteiger partial charge in [0, 0.05) is 5.69 Å². The molecule has 4 aromatic rings. The van der Waals surface area contributed by atoms with Crippen LogP contribution in [-0.4, -0.2) is 27.5 Å². The van der Waals surface area contributed by atoms with E-state index in [1.807, 2.05) is 45.0 Å². The number of carbonyl (C=O) groups excluding carboxylic acids is 1. The molecule has 152 valence electrons. The van der Waals surface area contributed by atoms with Crippen LogP contribution < -0.4 is 10.1 Å². The van der Waals surface area contributed by atoms with Crippen LogP contribution in [0.25, 0.3) is 16.7 Å². The minimum atomic E-state index is -0.320. The molecule has 0 radical (unpaired) electrons. The SMILES string of the molecule is Cc1cc(C)cc(OCC(=O)Nc2cc3nn(-c4ccc(F)cc4)nc3cc2C)c1. The highest BCUT2D eigenvalue weighted by Crippen LogP contribution is 2.22. The van der Waals surface area contributed by atoms with Crippen LogP contribution in [0, 0.1) is 26.6 Å². The molecule has 7 heteroatoms. The lowest BCUT2D eigenvalue weighted by Crippen LogP contribution is -2.20. The summed E-state index contributed by atoms with van der Waals surface area (Å²) in [5, 5.41) is 11.7. The molecule has 0 aliphatic rings. The van der Waals surface area contributed by atoms with Gasteiger partial charge in [0.2, 0.25) is 0 Å². The second-order valence-corrected chi connectivity index (χ2v) is 7.28. The second kappa shape index (κ2) is 7.94. The van der Waals surface area contributed by atoms with E-state index in [0.29, 0.717) is 28.2 Å². The molecule has 6 nitrogen and oxygen atoms in total. The van der Waals surface area contributed by atoms with Crippen molar-refractivity contribution in [3.63, 3.8) is 0 Å². The average Bonchev–Trinajstić information content (AvgIpc) is 3.09. The molecule has 0 saturated heterocycles. The fourth-order valence-electron chi connectivity index (χ4n) is 3.24. The van der Waals surface area contributed by atoms with Gasteiger partial charge in [0.25, 0.3) is 5.91 Å². The summed E-state index contributed by atoms with van der Waals surface area (Å²) in [6.07, 6.45) is 0. The number of nitrogens with zero attached hydrogens (tertiary/aromatic N) is 3. The largest absolute Gasteiger partial charge is 0.484 e. The number of aromatic nitrogens is 3. The first kappa shape index (κ1) is 19.6. The summed E-state index contributed by atoms with van der Waals surface area (Å²) in [5.41, 5.74) is 5.61. The smallest absolute Gasteiger partial charge is 0.262 e. The molecule has 0 spiro atoms.